The average Bonchev–Trinajstić information content (AvgIpc) is 2.77. The third-order valence-electron chi connectivity index (χ3n) is 5.11. The monoisotopic (exact) mass is 410 g/mol. The smallest absolute Gasteiger partial charge is 0.191 e. The summed E-state index contributed by atoms with van der Waals surface area (Å²) in [5.41, 5.74) is 3.75. The molecule has 0 unspecified atom stereocenters. The zero-order valence-electron chi connectivity index (χ0n) is 18.4. The SMILES string of the molecule is CCNC(=NCc1cccnc1N(C)C)NCc1ccccc1CN1CCOCC1. The summed E-state index contributed by atoms with van der Waals surface area (Å²) in [5, 5.41) is 6.85. The molecule has 0 aliphatic carbocycles. The first-order valence-corrected chi connectivity index (χ1v) is 10.7. The molecule has 0 amide bonds. The molecule has 2 heterocycles. The maximum absolute atomic E-state index is 5.47. The fraction of sp³-hybridized carbons (Fsp3) is 0.478. The van der Waals surface area contributed by atoms with Gasteiger partial charge >= 0.3 is 0 Å². The predicted molar refractivity (Wildman–Crippen MR) is 123 cm³/mol. The number of pyridine rings is 1. The average molecular weight is 411 g/mol. The van der Waals surface area contributed by atoms with E-state index in [1.165, 1.54) is 11.1 Å². The van der Waals surface area contributed by atoms with Crippen molar-refractivity contribution in [3.05, 3.63) is 59.3 Å². The highest BCUT2D eigenvalue weighted by atomic mass is 16.5. The van der Waals surface area contributed by atoms with E-state index < -0.39 is 0 Å². The lowest BCUT2D eigenvalue weighted by atomic mass is 10.1. The van der Waals surface area contributed by atoms with Crippen LogP contribution >= 0.6 is 0 Å². The van der Waals surface area contributed by atoms with Gasteiger partial charge in [0.15, 0.2) is 5.96 Å². The number of ether oxygens (including phenoxy) is 1. The number of guanidine groups is 1. The van der Waals surface area contributed by atoms with Crippen molar-refractivity contribution in [2.45, 2.75) is 26.6 Å². The van der Waals surface area contributed by atoms with E-state index in [0.29, 0.717) is 6.54 Å². The number of rotatable bonds is 8. The van der Waals surface area contributed by atoms with Crippen LogP contribution in [-0.2, 0) is 24.4 Å². The lowest BCUT2D eigenvalue weighted by molar-refractivity contribution is 0.0341. The summed E-state index contributed by atoms with van der Waals surface area (Å²) in [4.78, 5) is 13.7. The van der Waals surface area contributed by atoms with Crippen LogP contribution in [0, 0.1) is 0 Å². The minimum Gasteiger partial charge on any atom is -0.379 e. The highest BCUT2D eigenvalue weighted by molar-refractivity contribution is 5.79. The Balaban J connectivity index is 1.65. The molecule has 1 aliphatic rings. The Labute approximate surface area is 180 Å². The molecule has 0 saturated carbocycles. The van der Waals surface area contributed by atoms with Gasteiger partial charge < -0.3 is 20.3 Å². The number of aliphatic imine (C=N–C) groups is 1. The molecule has 3 rings (SSSR count). The number of aromatic nitrogens is 1. The van der Waals surface area contributed by atoms with Gasteiger partial charge in [-0.15, -0.1) is 0 Å². The summed E-state index contributed by atoms with van der Waals surface area (Å²) >= 11 is 0. The molecule has 0 spiro atoms. The van der Waals surface area contributed by atoms with Crippen LogP contribution in [0.3, 0.4) is 0 Å². The summed E-state index contributed by atoms with van der Waals surface area (Å²) in [6.07, 6.45) is 1.82. The minimum atomic E-state index is 0.576. The van der Waals surface area contributed by atoms with Crippen LogP contribution in [0.4, 0.5) is 5.82 Å². The second-order valence-corrected chi connectivity index (χ2v) is 7.59. The van der Waals surface area contributed by atoms with Crippen LogP contribution in [0.2, 0.25) is 0 Å². The molecule has 7 nitrogen and oxygen atoms in total. The van der Waals surface area contributed by atoms with E-state index in [-0.39, 0.29) is 0 Å². The topological polar surface area (TPSA) is 65.0 Å². The van der Waals surface area contributed by atoms with E-state index in [1.54, 1.807) is 0 Å². The van der Waals surface area contributed by atoms with E-state index in [2.05, 4.69) is 57.8 Å². The molecular weight excluding hydrogens is 376 g/mol. The van der Waals surface area contributed by atoms with Crippen LogP contribution in [-0.4, -0.2) is 62.8 Å². The van der Waals surface area contributed by atoms with Gasteiger partial charge in [0.1, 0.15) is 5.82 Å². The van der Waals surface area contributed by atoms with E-state index in [1.807, 2.05) is 31.3 Å². The van der Waals surface area contributed by atoms with Crippen molar-refractivity contribution in [1.82, 2.24) is 20.5 Å². The number of morpholine rings is 1. The Hall–Kier alpha value is -2.64. The van der Waals surface area contributed by atoms with Gasteiger partial charge in [0.05, 0.1) is 19.8 Å². The molecule has 1 aromatic heterocycles. The van der Waals surface area contributed by atoms with Gasteiger partial charge in [-0.05, 0) is 24.1 Å². The molecule has 1 fully saturated rings. The third-order valence-corrected chi connectivity index (χ3v) is 5.11. The number of hydrogen-bond donors (Lipinski definition) is 2. The second-order valence-electron chi connectivity index (χ2n) is 7.59. The van der Waals surface area contributed by atoms with Crippen LogP contribution in [0.25, 0.3) is 0 Å². The Morgan fingerprint density at radius 1 is 1.07 bits per heavy atom. The highest BCUT2D eigenvalue weighted by Gasteiger charge is 2.13. The van der Waals surface area contributed by atoms with Gasteiger partial charge in [-0.3, -0.25) is 4.90 Å². The fourth-order valence-electron chi connectivity index (χ4n) is 3.53. The highest BCUT2D eigenvalue weighted by Crippen LogP contribution is 2.16. The van der Waals surface area contributed by atoms with Crippen LogP contribution in [0.1, 0.15) is 23.6 Å². The standard InChI is InChI=1S/C23H34N6O/c1-4-24-23(27-17-20-10-7-11-25-22(20)28(2)3)26-16-19-8-5-6-9-21(19)18-29-12-14-30-15-13-29/h5-11H,4,12-18H2,1-3H3,(H2,24,26,27). The summed E-state index contributed by atoms with van der Waals surface area (Å²) in [7, 11) is 4.01. The fourth-order valence-corrected chi connectivity index (χ4v) is 3.53. The Morgan fingerprint density at radius 2 is 1.80 bits per heavy atom. The molecule has 7 heteroatoms. The third kappa shape index (κ3) is 6.43. The minimum absolute atomic E-state index is 0.576. The molecule has 30 heavy (non-hydrogen) atoms. The number of hydrogen-bond acceptors (Lipinski definition) is 5. The largest absolute Gasteiger partial charge is 0.379 e. The van der Waals surface area contributed by atoms with E-state index >= 15 is 0 Å². The summed E-state index contributed by atoms with van der Waals surface area (Å²) < 4.78 is 5.47. The summed E-state index contributed by atoms with van der Waals surface area (Å²) in [6, 6.07) is 12.7. The predicted octanol–water partition coefficient (Wildman–Crippen LogP) is 2.24. The number of anilines is 1. The van der Waals surface area contributed by atoms with Crippen LogP contribution in [0.15, 0.2) is 47.6 Å². The lowest BCUT2D eigenvalue weighted by Gasteiger charge is -2.27. The zero-order chi connectivity index (χ0) is 21.2. The molecule has 0 atom stereocenters. The maximum Gasteiger partial charge on any atom is 0.191 e. The summed E-state index contributed by atoms with van der Waals surface area (Å²) in [6.45, 7) is 8.79. The van der Waals surface area contributed by atoms with Crippen LogP contribution < -0.4 is 15.5 Å². The first kappa shape index (κ1) is 22.1. The molecule has 2 aromatic rings. The first-order chi connectivity index (χ1) is 14.7. The number of benzene rings is 1. The zero-order valence-corrected chi connectivity index (χ0v) is 18.4. The van der Waals surface area contributed by atoms with Crippen molar-refractivity contribution in [1.29, 1.82) is 0 Å². The number of nitrogens with zero attached hydrogens (tertiary/aromatic N) is 4. The van der Waals surface area contributed by atoms with Crippen molar-refractivity contribution in [3.63, 3.8) is 0 Å². The maximum atomic E-state index is 5.47. The van der Waals surface area contributed by atoms with Crippen molar-refractivity contribution in [3.8, 4) is 0 Å². The Bertz CT molecular complexity index is 817. The molecule has 2 N–H and O–H groups in total. The first-order valence-electron chi connectivity index (χ1n) is 10.7. The van der Waals surface area contributed by atoms with E-state index in [9.17, 15) is 0 Å². The molecular formula is C23H34N6O. The van der Waals surface area contributed by atoms with Gasteiger partial charge in [-0.25, -0.2) is 9.98 Å². The van der Waals surface area contributed by atoms with Gasteiger partial charge in [-0.2, -0.15) is 0 Å². The lowest BCUT2D eigenvalue weighted by Crippen LogP contribution is -2.38. The van der Waals surface area contributed by atoms with Gasteiger partial charge in [-0.1, -0.05) is 30.3 Å². The van der Waals surface area contributed by atoms with Crippen LogP contribution in [0.5, 0.6) is 0 Å². The molecule has 1 aromatic carbocycles. The van der Waals surface area contributed by atoms with Gasteiger partial charge in [0.2, 0.25) is 0 Å². The molecule has 162 valence electrons. The Kier molecular flexibility index (Phi) is 8.47. The normalized spacial score (nSPS) is 15.1. The molecule has 0 bridgehead atoms. The molecule has 1 saturated heterocycles. The molecule has 0 radical (unpaired) electrons. The van der Waals surface area contributed by atoms with Gasteiger partial charge in [0.25, 0.3) is 0 Å². The second kappa shape index (κ2) is 11.5. The Morgan fingerprint density at radius 3 is 2.53 bits per heavy atom. The van der Waals surface area contributed by atoms with E-state index in [4.69, 9.17) is 9.73 Å². The molecule has 1 aliphatic heterocycles. The summed E-state index contributed by atoms with van der Waals surface area (Å²) in [5.74, 6) is 1.76. The van der Waals surface area contributed by atoms with Crippen molar-refractivity contribution in [2.75, 3.05) is 51.8 Å². The van der Waals surface area contributed by atoms with Crippen molar-refractivity contribution in [2.24, 2.45) is 4.99 Å². The van der Waals surface area contributed by atoms with Gasteiger partial charge in [0, 0.05) is 58.6 Å². The van der Waals surface area contributed by atoms with Crippen molar-refractivity contribution >= 4 is 11.8 Å². The van der Waals surface area contributed by atoms with Crippen molar-refractivity contribution < 1.29 is 4.74 Å². The van der Waals surface area contributed by atoms with E-state index in [0.717, 1.165) is 63.3 Å². The number of nitrogens with one attached hydrogen (secondary N) is 2. The quantitative estimate of drug-likeness (QED) is 0.514.